The summed E-state index contributed by atoms with van der Waals surface area (Å²) in [7, 11) is 0.908. The van der Waals surface area contributed by atoms with Crippen LogP contribution >= 0.6 is 0 Å². The monoisotopic (exact) mass is 360 g/mol. The van der Waals surface area contributed by atoms with Gasteiger partial charge in [-0.05, 0) is 39.8 Å². The van der Waals surface area contributed by atoms with Crippen molar-refractivity contribution in [2.45, 2.75) is 38.9 Å². The maximum Gasteiger partial charge on any atom is 0.502 e. The van der Waals surface area contributed by atoms with Crippen LogP contribution in [0, 0.1) is 0 Å². The molecule has 138 valence electrons. The van der Waals surface area contributed by atoms with Gasteiger partial charge in [0.1, 0.15) is 0 Å². The molecule has 0 atom stereocenters. The molecule has 0 bridgehead atoms. The van der Waals surface area contributed by atoms with Crippen LogP contribution in [0.5, 0.6) is 5.88 Å². The number of hydrogen-bond donors (Lipinski definition) is 2. The standard InChI is InChI=1S/C16H21BN4O5/c1-15(2)16(3,4)26-17(25-15)11-9-21(20-13(11)24-5)12-7-6-10(8-18-12)19-14(22)23/h6-9,19H,1-5H3,(H,22,23). The molecule has 0 aliphatic carbocycles. The Morgan fingerprint density at radius 1 is 1.27 bits per heavy atom. The summed E-state index contributed by atoms with van der Waals surface area (Å²) in [5.41, 5.74) is 0.0626. The van der Waals surface area contributed by atoms with E-state index in [1.165, 1.54) is 18.0 Å². The molecule has 1 saturated heterocycles. The van der Waals surface area contributed by atoms with Crippen LogP contribution < -0.4 is 15.5 Å². The van der Waals surface area contributed by atoms with E-state index in [0.29, 0.717) is 22.8 Å². The summed E-state index contributed by atoms with van der Waals surface area (Å²) in [5, 5.41) is 15.3. The number of carbonyl (C=O) groups is 1. The van der Waals surface area contributed by atoms with Crippen molar-refractivity contribution in [3.63, 3.8) is 0 Å². The number of rotatable bonds is 4. The largest absolute Gasteiger partial charge is 0.502 e. The number of anilines is 1. The molecule has 3 heterocycles. The Kier molecular flexibility index (Phi) is 4.41. The molecule has 0 spiro atoms. The minimum Gasteiger partial charge on any atom is -0.480 e. The van der Waals surface area contributed by atoms with Crippen LogP contribution in [-0.2, 0) is 9.31 Å². The van der Waals surface area contributed by atoms with Gasteiger partial charge in [0.15, 0.2) is 5.82 Å². The topological polar surface area (TPSA) is 108 Å². The van der Waals surface area contributed by atoms with E-state index in [9.17, 15) is 4.79 Å². The molecule has 26 heavy (non-hydrogen) atoms. The highest BCUT2D eigenvalue weighted by molar-refractivity contribution is 6.63. The lowest BCUT2D eigenvalue weighted by Crippen LogP contribution is -2.41. The van der Waals surface area contributed by atoms with Crippen LogP contribution in [0.2, 0.25) is 0 Å². The zero-order valence-electron chi connectivity index (χ0n) is 15.3. The zero-order chi connectivity index (χ0) is 19.1. The second-order valence-electron chi connectivity index (χ2n) is 6.96. The Labute approximate surface area is 151 Å². The van der Waals surface area contributed by atoms with Crippen LogP contribution in [0.25, 0.3) is 5.82 Å². The van der Waals surface area contributed by atoms with Crippen molar-refractivity contribution >= 4 is 24.4 Å². The Balaban J connectivity index is 1.89. The number of ether oxygens (including phenoxy) is 1. The van der Waals surface area contributed by atoms with E-state index in [2.05, 4.69) is 15.4 Å². The van der Waals surface area contributed by atoms with Gasteiger partial charge in [-0.1, -0.05) is 0 Å². The molecule has 0 aromatic carbocycles. The highest BCUT2D eigenvalue weighted by Crippen LogP contribution is 2.37. The van der Waals surface area contributed by atoms with E-state index in [-0.39, 0.29) is 0 Å². The van der Waals surface area contributed by atoms with Gasteiger partial charge in [0.2, 0.25) is 5.88 Å². The summed E-state index contributed by atoms with van der Waals surface area (Å²) < 4.78 is 19.0. The number of aromatic nitrogens is 3. The number of amides is 1. The number of pyridine rings is 1. The first-order chi connectivity index (χ1) is 12.1. The third-order valence-electron chi connectivity index (χ3n) is 4.64. The van der Waals surface area contributed by atoms with E-state index < -0.39 is 24.4 Å². The molecular weight excluding hydrogens is 339 g/mol. The van der Waals surface area contributed by atoms with Crippen molar-refractivity contribution in [1.82, 2.24) is 14.8 Å². The number of carboxylic acid groups (broad SMARTS) is 1. The van der Waals surface area contributed by atoms with Gasteiger partial charge in [0.05, 0.1) is 35.7 Å². The Hall–Kier alpha value is -2.59. The fourth-order valence-electron chi connectivity index (χ4n) is 2.50. The van der Waals surface area contributed by atoms with E-state index in [4.69, 9.17) is 19.2 Å². The molecule has 3 rings (SSSR count). The van der Waals surface area contributed by atoms with E-state index >= 15 is 0 Å². The van der Waals surface area contributed by atoms with Crippen LogP contribution in [0.15, 0.2) is 24.5 Å². The minimum atomic E-state index is -1.15. The third kappa shape index (κ3) is 3.25. The lowest BCUT2D eigenvalue weighted by atomic mass is 9.81. The number of methoxy groups -OCH3 is 1. The van der Waals surface area contributed by atoms with Gasteiger partial charge in [0.25, 0.3) is 0 Å². The maximum atomic E-state index is 10.7. The third-order valence-corrected chi connectivity index (χ3v) is 4.64. The van der Waals surface area contributed by atoms with Gasteiger partial charge in [-0.15, -0.1) is 5.10 Å². The molecule has 1 fully saturated rings. The summed E-state index contributed by atoms with van der Waals surface area (Å²) in [6.45, 7) is 7.89. The average molecular weight is 360 g/mol. The summed E-state index contributed by atoms with van der Waals surface area (Å²) >= 11 is 0. The van der Waals surface area contributed by atoms with E-state index in [1.54, 1.807) is 18.3 Å². The molecule has 2 aromatic rings. The van der Waals surface area contributed by atoms with E-state index in [1.807, 2.05) is 27.7 Å². The van der Waals surface area contributed by atoms with E-state index in [0.717, 1.165) is 0 Å². The molecule has 0 radical (unpaired) electrons. The lowest BCUT2D eigenvalue weighted by molar-refractivity contribution is 0.00578. The molecule has 1 aliphatic rings. The van der Waals surface area contributed by atoms with Crippen LogP contribution in [-0.4, -0.2) is 51.4 Å². The first kappa shape index (κ1) is 18.2. The molecular formula is C16H21BN4O5. The van der Waals surface area contributed by atoms with Gasteiger partial charge in [-0.2, -0.15) is 0 Å². The highest BCUT2D eigenvalue weighted by Gasteiger charge is 2.53. The number of nitrogens with one attached hydrogen (secondary N) is 1. The second-order valence-corrected chi connectivity index (χ2v) is 6.96. The smallest absolute Gasteiger partial charge is 0.480 e. The van der Waals surface area contributed by atoms with Crippen LogP contribution in [0.3, 0.4) is 0 Å². The van der Waals surface area contributed by atoms with Gasteiger partial charge in [-0.3, -0.25) is 5.32 Å². The first-order valence-electron chi connectivity index (χ1n) is 8.08. The normalized spacial score (nSPS) is 18.0. The summed E-state index contributed by atoms with van der Waals surface area (Å²) in [4.78, 5) is 14.9. The molecule has 10 heteroatoms. The molecule has 0 unspecified atom stereocenters. The number of hydrogen-bond acceptors (Lipinski definition) is 6. The minimum absolute atomic E-state index is 0.367. The molecule has 1 amide bonds. The van der Waals surface area contributed by atoms with Crippen molar-refractivity contribution < 1.29 is 23.9 Å². The van der Waals surface area contributed by atoms with Crippen LogP contribution in [0.4, 0.5) is 10.5 Å². The van der Waals surface area contributed by atoms with Gasteiger partial charge in [-0.25, -0.2) is 14.5 Å². The van der Waals surface area contributed by atoms with Gasteiger partial charge >= 0.3 is 13.2 Å². The van der Waals surface area contributed by atoms with Crippen molar-refractivity contribution in [3.8, 4) is 11.7 Å². The quantitative estimate of drug-likeness (QED) is 0.799. The van der Waals surface area contributed by atoms with Gasteiger partial charge < -0.3 is 19.2 Å². The van der Waals surface area contributed by atoms with Crippen LogP contribution in [0.1, 0.15) is 27.7 Å². The molecule has 9 nitrogen and oxygen atoms in total. The van der Waals surface area contributed by atoms with Gasteiger partial charge in [0, 0.05) is 6.20 Å². The number of nitrogens with zero attached hydrogens (tertiary/aromatic N) is 3. The maximum absolute atomic E-state index is 10.7. The Morgan fingerprint density at radius 2 is 1.92 bits per heavy atom. The van der Waals surface area contributed by atoms with Crippen molar-refractivity contribution in [2.24, 2.45) is 0 Å². The SMILES string of the molecule is COc1nn(-c2ccc(NC(=O)O)cn2)cc1B1OC(C)(C)C(C)(C)O1. The second kappa shape index (κ2) is 6.29. The predicted molar refractivity (Wildman–Crippen MR) is 95.3 cm³/mol. The first-order valence-corrected chi connectivity index (χ1v) is 8.08. The Bertz CT molecular complexity index is 803. The predicted octanol–water partition coefficient (Wildman–Crippen LogP) is 1.66. The summed E-state index contributed by atoms with van der Waals surface area (Å²) in [6.07, 6.45) is 1.99. The Morgan fingerprint density at radius 3 is 2.42 bits per heavy atom. The molecule has 1 aliphatic heterocycles. The summed E-state index contributed by atoms with van der Waals surface area (Å²) in [5.74, 6) is 0.875. The fourth-order valence-corrected chi connectivity index (χ4v) is 2.50. The van der Waals surface area contributed by atoms with Crippen molar-refractivity contribution in [3.05, 3.63) is 24.5 Å². The van der Waals surface area contributed by atoms with Crippen molar-refractivity contribution in [2.75, 3.05) is 12.4 Å². The highest BCUT2D eigenvalue weighted by atomic mass is 16.7. The lowest BCUT2D eigenvalue weighted by Gasteiger charge is -2.32. The molecule has 0 saturated carbocycles. The molecule has 2 N–H and O–H groups in total. The zero-order valence-corrected chi connectivity index (χ0v) is 15.3. The summed E-state index contributed by atoms with van der Waals surface area (Å²) in [6, 6.07) is 3.24. The fraction of sp³-hybridized carbons (Fsp3) is 0.438. The van der Waals surface area contributed by atoms with Crippen molar-refractivity contribution in [1.29, 1.82) is 0 Å². The average Bonchev–Trinajstić information content (AvgIpc) is 3.06. The molecule has 2 aromatic heterocycles.